The van der Waals surface area contributed by atoms with Gasteiger partial charge in [-0.1, -0.05) is 12.1 Å². The van der Waals surface area contributed by atoms with Crippen LogP contribution >= 0.6 is 11.8 Å². The summed E-state index contributed by atoms with van der Waals surface area (Å²) in [4.78, 5) is 4.70. The Morgan fingerprint density at radius 1 is 1.20 bits per heavy atom. The van der Waals surface area contributed by atoms with E-state index in [2.05, 4.69) is 48.9 Å². The van der Waals surface area contributed by atoms with Crippen molar-refractivity contribution in [3.63, 3.8) is 0 Å². The molecule has 0 aliphatic heterocycles. The first-order valence-corrected chi connectivity index (χ1v) is 10.3. The molecule has 0 aliphatic rings. The van der Waals surface area contributed by atoms with Crippen molar-refractivity contribution in [3.05, 3.63) is 29.3 Å². The van der Waals surface area contributed by atoms with Crippen LogP contribution in [0.3, 0.4) is 0 Å². The maximum Gasteiger partial charge on any atom is 0.191 e. The minimum absolute atomic E-state index is 0.546. The van der Waals surface area contributed by atoms with Gasteiger partial charge in [-0.25, -0.2) is 4.99 Å². The number of methoxy groups -OCH3 is 1. The van der Waals surface area contributed by atoms with Crippen LogP contribution in [0.5, 0.6) is 5.75 Å². The van der Waals surface area contributed by atoms with Gasteiger partial charge in [0.15, 0.2) is 5.96 Å². The average molecular weight is 368 g/mol. The highest BCUT2D eigenvalue weighted by atomic mass is 32.2. The highest BCUT2D eigenvalue weighted by molar-refractivity contribution is 7.98. The molecule has 0 bridgehead atoms. The van der Waals surface area contributed by atoms with E-state index in [1.807, 2.05) is 11.8 Å². The van der Waals surface area contributed by atoms with Crippen molar-refractivity contribution in [1.29, 1.82) is 0 Å². The Morgan fingerprint density at radius 3 is 2.76 bits per heavy atom. The second-order valence-electron chi connectivity index (χ2n) is 5.77. The molecule has 0 radical (unpaired) electrons. The molecular formula is C19H33N3O2S. The SMILES string of the molecule is CCNC(=NCc1ccc(C)cc1OCCOC)NCCCCSC. The zero-order valence-electron chi connectivity index (χ0n) is 16.1. The number of benzene rings is 1. The summed E-state index contributed by atoms with van der Waals surface area (Å²) < 4.78 is 10.9. The molecule has 1 aromatic carbocycles. The minimum atomic E-state index is 0.546. The van der Waals surface area contributed by atoms with Crippen LogP contribution in [-0.4, -0.2) is 51.4 Å². The van der Waals surface area contributed by atoms with E-state index in [1.165, 1.54) is 17.7 Å². The summed E-state index contributed by atoms with van der Waals surface area (Å²) in [5.74, 6) is 2.95. The van der Waals surface area contributed by atoms with Crippen LogP contribution in [0, 0.1) is 6.92 Å². The predicted octanol–water partition coefficient (Wildman–Crippen LogP) is 3.22. The summed E-state index contributed by atoms with van der Waals surface area (Å²) in [7, 11) is 1.68. The van der Waals surface area contributed by atoms with Crippen LogP contribution in [0.4, 0.5) is 0 Å². The van der Waals surface area contributed by atoms with Crippen LogP contribution in [-0.2, 0) is 11.3 Å². The quantitative estimate of drug-likeness (QED) is 0.337. The topological polar surface area (TPSA) is 54.9 Å². The predicted molar refractivity (Wildman–Crippen MR) is 109 cm³/mol. The van der Waals surface area contributed by atoms with Gasteiger partial charge < -0.3 is 20.1 Å². The van der Waals surface area contributed by atoms with E-state index >= 15 is 0 Å². The van der Waals surface area contributed by atoms with Gasteiger partial charge >= 0.3 is 0 Å². The van der Waals surface area contributed by atoms with Crippen molar-refractivity contribution in [1.82, 2.24) is 10.6 Å². The van der Waals surface area contributed by atoms with Gasteiger partial charge in [-0.15, -0.1) is 0 Å². The summed E-state index contributed by atoms with van der Waals surface area (Å²) in [6.07, 6.45) is 4.52. The molecule has 2 N–H and O–H groups in total. The highest BCUT2D eigenvalue weighted by Gasteiger charge is 2.05. The van der Waals surface area contributed by atoms with E-state index < -0.39 is 0 Å². The van der Waals surface area contributed by atoms with Gasteiger partial charge in [0, 0.05) is 25.8 Å². The van der Waals surface area contributed by atoms with E-state index in [4.69, 9.17) is 14.5 Å². The van der Waals surface area contributed by atoms with Crippen LogP contribution in [0.25, 0.3) is 0 Å². The molecule has 0 aromatic heterocycles. The molecule has 0 atom stereocenters. The van der Waals surface area contributed by atoms with Gasteiger partial charge in [0.1, 0.15) is 12.4 Å². The number of hydrogen-bond acceptors (Lipinski definition) is 4. The van der Waals surface area contributed by atoms with E-state index in [-0.39, 0.29) is 0 Å². The molecule has 0 heterocycles. The van der Waals surface area contributed by atoms with Crippen molar-refractivity contribution in [2.75, 3.05) is 45.4 Å². The van der Waals surface area contributed by atoms with Crippen LogP contribution in [0.2, 0.25) is 0 Å². The lowest BCUT2D eigenvalue weighted by atomic mass is 10.1. The largest absolute Gasteiger partial charge is 0.491 e. The zero-order chi connectivity index (χ0) is 18.3. The third kappa shape index (κ3) is 9.60. The number of guanidine groups is 1. The number of hydrogen-bond donors (Lipinski definition) is 2. The van der Waals surface area contributed by atoms with Gasteiger partial charge in [-0.05, 0) is 50.3 Å². The lowest BCUT2D eigenvalue weighted by Crippen LogP contribution is -2.37. The maximum atomic E-state index is 5.84. The Bertz CT molecular complexity index is 509. The average Bonchev–Trinajstić information content (AvgIpc) is 2.60. The number of nitrogens with one attached hydrogen (secondary N) is 2. The standard InChI is InChI=1S/C19H33N3O2S/c1-5-20-19(21-10-6-7-13-25-4)22-15-17-9-8-16(2)14-18(17)24-12-11-23-3/h8-9,14H,5-7,10-13,15H2,1-4H3,(H2,20,21,22). The van der Waals surface area contributed by atoms with E-state index in [9.17, 15) is 0 Å². The Morgan fingerprint density at radius 2 is 2.04 bits per heavy atom. The minimum Gasteiger partial charge on any atom is -0.491 e. The number of aliphatic imine (C=N–C) groups is 1. The van der Waals surface area contributed by atoms with Crippen molar-refractivity contribution >= 4 is 17.7 Å². The summed E-state index contributed by atoms with van der Waals surface area (Å²) in [6.45, 7) is 7.65. The first-order chi connectivity index (χ1) is 12.2. The Balaban J connectivity index is 2.64. The van der Waals surface area contributed by atoms with Crippen molar-refractivity contribution in [2.45, 2.75) is 33.2 Å². The molecule has 0 saturated heterocycles. The van der Waals surface area contributed by atoms with Gasteiger partial charge in [-0.2, -0.15) is 11.8 Å². The van der Waals surface area contributed by atoms with Gasteiger partial charge in [-0.3, -0.25) is 0 Å². The Hall–Kier alpha value is -1.40. The number of rotatable bonds is 12. The molecule has 25 heavy (non-hydrogen) atoms. The molecule has 0 spiro atoms. The fourth-order valence-electron chi connectivity index (χ4n) is 2.25. The molecule has 0 amide bonds. The van der Waals surface area contributed by atoms with Crippen LogP contribution < -0.4 is 15.4 Å². The van der Waals surface area contributed by atoms with Crippen LogP contribution in [0.1, 0.15) is 30.9 Å². The fourth-order valence-corrected chi connectivity index (χ4v) is 2.74. The van der Waals surface area contributed by atoms with Crippen LogP contribution in [0.15, 0.2) is 23.2 Å². The summed E-state index contributed by atoms with van der Waals surface area (Å²) >= 11 is 1.89. The van der Waals surface area contributed by atoms with Gasteiger partial charge in [0.2, 0.25) is 0 Å². The third-order valence-electron chi connectivity index (χ3n) is 3.59. The lowest BCUT2D eigenvalue weighted by Gasteiger charge is -2.13. The smallest absolute Gasteiger partial charge is 0.191 e. The third-order valence-corrected chi connectivity index (χ3v) is 4.28. The molecule has 0 fully saturated rings. The molecule has 0 unspecified atom stereocenters. The van der Waals surface area contributed by atoms with Crippen molar-refractivity contribution in [3.8, 4) is 5.75 Å². The Labute approximate surface area is 157 Å². The molecule has 6 heteroatoms. The summed E-state index contributed by atoms with van der Waals surface area (Å²) in [6, 6.07) is 6.24. The highest BCUT2D eigenvalue weighted by Crippen LogP contribution is 2.21. The van der Waals surface area contributed by atoms with Crippen molar-refractivity contribution in [2.24, 2.45) is 4.99 Å². The molecule has 142 valence electrons. The van der Waals surface area contributed by atoms with Gasteiger partial charge in [0.25, 0.3) is 0 Å². The first-order valence-electron chi connectivity index (χ1n) is 8.93. The molecule has 1 aromatic rings. The Kier molecular flexibility index (Phi) is 12.0. The molecule has 5 nitrogen and oxygen atoms in total. The molecular weight excluding hydrogens is 334 g/mol. The monoisotopic (exact) mass is 367 g/mol. The molecule has 1 rings (SSSR count). The van der Waals surface area contributed by atoms with E-state index in [0.29, 0.717) is 19.8 Å². The number of thioether (sulfide) groups is 1. The van der Waals surface area contributed by atoms with E-state index in [1.54, 1.807) is 7.11 Å². The van der Waals surface area contributed by atoms with Crippen molar-refractivity contribution < 1.29 is 9.47 Å². The second kappa shape index (κ2) is 13.8. The number of ether oxygens (including phenoxy) is 2. The van der Waals surface area contributed by atoms with Gasteiger partial charge in [0.05, 0.1) is 13.2 Å². The molecule has 0 aliphatic carbocycles. The second-order valence-corrected chi connectivity index (χ2v) is 6.76. The zero-order valence-corrected chi connectivity index (χ0v) is 16.9. The number of aryl methyl sites for hydroxylation is 1. The fraction of sp³-hybridized carbons (Fsp3) is 0.632. The maximum absolute atomic E-state index is 5.84. The summed E-state index contributed by atoms with van der Waals surface area (Å²) in [5, 5.41) is 6.70. The lowest BCUT2D eigenvalue weighted by molar-refractivity contribution is 0.145. The summed E-state index contributed by atoms with van der Waals surface area (Å²) in [5.41, 5.74) is 2.26. The normalized spacial score (nSPS) is 11.4. The van der Waals surface area contributed by atoms with E-state index in [0.717, 1.165) is 36.8 Å². The first kappa shape index (κ1) is 21.6. The number of nitrogens with zero attached hydrogens (tertiary/aromatic N) is 1. The molecule has 0 saturated carbocycles. The number of unbranched alkanes of at least 4 members (excludes halogenated alkanes) is 1.